The van der Waals surface area contributed by atoms with Gasteiger partial charge in [0.15, 0.2) is 6.61 Å². The maximum absolute atomic E-state index is 14.0. The van der Waals surface area contributed by atoms with Crippen LogP contribution in [0, 0.1) is 0 Å². The number of hydrogen-bond acceptors (Lipinski definition) is 4. The van der Waals surface area contributed by atoms with Gasteiger partial charge < -0.3 is 19.5 Å². The molecule has 1 atom stereocenters. The van der Waals surface area contributed by atoms with Gasteiger partial charge >= 0.3 is 0 Å². The molecule has 1 aliphatic rings. The van der Waals surface area contributed by atoms with Crippen LogP contribution in [0.5, 0.6) is 5.75 Å². The number of imidazole rings is 1. The van der Waals surface area contributed by atoms with Crippen LogP contribution in [-0.4, -0.2) is 38.9 Å². The number of rotatable bonds is 10. The third-order valence-electron chi connectivity index (χ3n) is 7.39. The molecule has 0 radical (unpaired) electrons. The molecular weight excluding hydrogens is 488 g/mol. The summed E-state index contributed by atoms with van der Waals surface area (Å²) in [4.78, 5) is 33.6. The van der Waals surface area contributed by atoms with Crippen molar-refractivity contribution in [1.82, 2.24) is 19.8 Å². The number of nitrogens with one attached hydrogen (secondary N) is 1. The number of carbonyl (C=O) groups is 2. The van der Waals surface area contributed by atoms with Gasteiger partial charge in [0.25, 0.3) is 5.91 Å². The zero-order valence-corrected chi connectivity index (χ0v) is 22.5. The Kier molecular flexibility index (Phi) is 8.56. The predicted octanol–water partition coefficient (Wildman–Crippen LogP) is 5.65. The summed E-state index contributed by atoms with van der Waals surface area (Å²) in [5.41, 5.74) is 2.81. The summed E-state index contributed by atoms with van der Waals surface area (Å²) in [6, 6.07) is 27.1. The molecule has 1 N–H and O–H groups in total. The maximum Gasteiger partial charge on any atom is 0.258 e. The first-order valence-electron chi connectivity index (χ1n) is 13.8. The lowest BCUT2D eigenvalue weighted by molar-refractivity contribution is -0.135. The molecule has 1 heterocycles. The summed E-state index contributed by atoms with van der Waals surface area (Å²) in [6.07, 6.45) is 5.59. The quantitative estimate of drug-likeness (QED) is 0.291. The molecule has 3 aromatic carbocycles. The first-order valence-corrected chi connectivity index (χ1v) is 13.8. The fourth-order valence-electron chi connectivity index (χ4n) is 5.42. The molecule has 202 valence electrons. The molecule has 7 heteroatoms. The van der Waals surface area contributed by atoms with E-state index in [0.29, 0.717) is 18.1 Å². The number of benzene rings is 3. The molecule has 0 aliphatic heterocycles. The van der Waals surface area contributed by atoms with Crippen LogP contribution in [0.3, 0.4) is 0 Å². The summed E-state index contributed by atoms with van der Waals surface area (Å²) in [5, 5.41) is 3.00. The summed E-state index contributed by atoms with van der Waals surface area (Å²) >= 11 is 0. The van der Waals surface area contributed by atoms with Gasteiger partial charge in [-0.1, -0.05) is 79.9 Å². The molecule has 39 heavy (non-hydrogen) atoms. The first-order chi connectivity index (χ1) is 19.1. The third kappa shape index (κ3) is 6.66. The number of amides is 2. The molecule has 1 saturated carbocycles. The second-order valence-corrected chi connectivity index (χ2v) is 10.2. The summed E-state index contributed by atoms with van der Waals surface area (Å²) in [6.45, 7) is 2.56. The Bertz CT molecular complexity index is 1380. The van der Waals surface area contributed by atoms with Crippen molar-refractivity contribution in [2.75, 3.05) is 6.61 Å². The van der Waals surface area contributed by atoms with E-state index in [2.05, 4.69) is 22.3 Å². The van der Waals surface area contributed by atoms with E-state index in [1.54, 1.807) is 0 Å². The Morgan fingerprint density at radius 1 is 0.949 bits per heavy atom. The molecule has 0 spiro atoms. The molecule has 7 nitrogen and oxygen atoms in total. The number of ether oxygens (including phenoxy) is 1. The lowest BCUT2D eigenvalue weighted by atomic mass is 9.93. The number of fused-ring (bicyclic) bond motifs is 1. The molecular formula is C32H36N4O3. The van der Waals surface area contributed by atoms with Crippen LogP contribution in [0.15, 0.2) is 84.9 Å². The summed E-state index contributed by atoms with van der Waals surface area (Å²) in [7, 11) is 0. The van der Waals surface area contributed by atoms with Crippen LogP contribution in [0.4, 0.5) is 0 Å². The highest BCUT2D eigenvalue weighted by atomic mass is 16.5. The van der Waals surface area contributed by atoms with E-state index in [4.69, 9.17) is 9.72 Å². The van der Waals surface area contributed by atoms with Crippen LogP contribution >= 0.6 is 0 Å². The molecule has 0 bridgehead atoms. The van der Waals surface area contributed by atoms with E-state index in [9.17, 15) is 9.59 Å². The zero-order valence-electron chi connectivity index (χ0n) is 22.5. The first kappa shape index (κ1) is 26.5. The highest BCUT2D eigenvalue weighted by Gasteiger charge is 2.28. The van der Waals surface area contributed by atoms with Crippen molar-refractivity contribution in [1.29, 1.82) is 0 Å². The predicted molar refractivity (Wildman–Crippen MR) is 152 cm³/mol. The average molecular weight is 525 g/mol. The van der Waals surface area contributed by atoms with Crippen LogP contribution in [-0.2, 0) is 22.7 Å². The highest BCUT2D eigenvalue weighted by molar-refractivity contribution is 5.82. The summed E-state index contributed by atoms with van der Waals surface area (Å²) < 4.78 is 7.57. The highest BCUT2D eigenvalue weighted by Crippen LogP contribution is 2.26. The molecule has 0 saturated heterocycles. The van der Waals surface area contributed by atoms with Crippen molar-refractivity contribution in [3.8, 4) is 5.75 Å². The van der Waals surface area contributed by atoms with Crippen molar-refractivity contribution in [2.45, 2.75) is 64.2 Å². The van der Waals surface area contributed by atoms with Crippen LogP contribution in [0.1, 0.15) is 56.5 Å². The molecule has 2 amide bonds. The van der Waals surface area contributed by atoms with E-state index in [-0.39, 0.29) is 31.0 Å². The normalized spacial score (nSPS) is 14.6. The number of carbonyl (C=O) groups excluding carboxylic acids is 2. The van der Waals surface area contributed by atoms with E-state index < -0.39 is 6.04 Å². The fourth-order valence-corrected chi connectivity index (χ4v) is 5.42. The van der Waals surface area contributed by atoms with Crippen molar-refractivity contribution >= 4 is 22.8 Å². The lowest BCUT2D eigenvalue weighted by Gasteiger charge is -2.35. The lowest BCUT2D eigenvalue weighted by Crippen LogP contribution is -2.43. The van der Waals surface area contributed by atoms with E-state index in [0.717, 1.165) is 42.3 Å². The van der Waals surface area contributed by atoms with Crippen LogP contribution in [0.25, 0.3) is 11.0 Å². The Morgan fingerprint density at radius 3 is 2.36 bits per heavy atom. The van der Waals surface area contributed by atoms with Gasteiger partial charge in [-0.15, -0.1) is 0 Å². The van der Waals surface area contributed by atoms with Gasteiger partial charge in [0.2, 0.25) is 5.91 Å². The molecule has 1 fully saturated rings. The van der Waals surface area contributed by atoms with E-state index in [1.165, 1.54) is 6.42 Å². The third-order valence-corrected chi connectivity index (χ3v) is 7.39. The number of nitrogens with zero attached hydrogens (tertiary/aromatic N) is 3. The Morgan fingerprint density at radius 2 is 1.62 bits per heavy atom. The second-order valence-electron chi connectivity index (χ2n) is 10.2. The Hall–Kier alpha value is -4.13. The van der Waals surface area contributed by atoms with Gasteiger partial charge in [-0.3, -0.25) is 9.59 Å². The van der Waals surface area contributed by atoms with Gasteiger partial charge in [0, 0.05) is 12.6 Å². The molecule has 1 aromatic heterocycles. The Labute approximate surface area is 229 Å². The number of aromatic nitrogens is 2. The maximum atomic E-state index is 14.0. The topological polar surface area (TPSA) is 76.5 Å². The molecule has 1 unspecified atom stereocenters. The van der Waals surface area contributed by atoms with Gasteiger partial charge in [-0.05, 0) is 49.6 Å². The molecule has 5 rings (SSSR count). The van der Waals surface area contributed by atoms with Gasteiger partial charge in [-0.25, -0.2) is 4.98 Å². The standard InChI is InChI=1S/C32H36N4O3/c1-24(33-30(37)23-39-27-17-9-4-10-18-27)32-34-28-19-11-12-20-29(28)36(32)22-31(38)35(26-15-7-3-8-16-26)21-25-13-5-2-6-14-25/h2,4-6,9-14,17-20,24,26H,3,7-8,15-16,21-23H2,1H3,(H,33,37). The molecule has 4 aromatic rings. The van der Waals surface area contributed by atoms with Crippen molar-refractivity contribution in [2.24, 2.45) is 0 Å². The SMILES string of the molecule is CC(NC(=O)COc1ccccc1)c1nc2ccccc2n1CC(=O)N(Cc1ccccc1)C1CCCCC1. The van der Waals surface area contributed by atoms with E-state index >= 15 is 0 Å². The zero-order chi connectivity index (χ0) is 27.0. The van der Waals surface area contributed by atoms with E-state index in [1.807, 2.05) is 84.3 Å². The smallest absolute Gasteiger partial charge is 0.258 e. The number of para-hydroxylation sites is 3. The molecule has 1 aliphatic carbocycles. The largest absolute Gasteiger partial charge is 0.484 e. The summed E-state index contributed by atoms with van der Waals surface area (Å²) in [5.74, 6) is 1.12. The minimum atomic E-state index is -0.408. The van der Waals surface area contributed by atoms with Gasteiger partial charge in [-0.2, -0.15) is 0 Å². The minimum absolute atomic E-state index is 0.0705. The number of hydrogen-bond donors (Lipinski definition) is 1. The average Bonchev–Trinajstić information content (AvgIpc) is 3.34. The second kappa shape index (κ2) is 12.6. The Balaban J connectivity index is 1.36. The van der Waals surface area contributed by atoms with Crippen molar-refractivity contribution in [3.05, 3.63) is 96.3 Å². The van der Waals surface area contributed by atoms with Crippen LogP contribution < -0.4 is 10.1 Å². The monoisotopic (exact) mass is 524 g/mol. The minimum Gasteiger partial charge on any atom is -0.484 e. The van der Waals surface area contributed by atoms with Crippen molar-refractivity contribution in [3.63, 3.8) is 0 Å². The fraction of sp³-hybridized carbons (Fsp3) is 0.344. The van der Waals surface area contributed by atoms with Gasteiger partial charge in [0.1, 0.15) is 18.1 Å². The van der Waals surface area contributed by atoms with Crippen LogP contribution in [0.2, 0.25) is 0 Å². The van der Waals surface area contributed by atoms with Crippen molar-refractivity contribution < 1.29 is 14.3 Å². The van der Waals surface area contributed by atoms with Gasteiger partial charge in [0.05, 0.1) is 17.1 Å².